The monoisotopic (exact) mass is 224 g/mol. The molecule has 3 heteroatoms. The van der Waals surface area contributed by atoms with Gasteiger partial charge >= 0.3 is 0 Å². The third kappa shape index (κ3) is 1.97. The first-order valence-electron chi connectivity index (χ1n) is 6.73. The van der Waals surface area contributed by atoms with E-state index in [0.29, 0.717) is 17.9 Å². The van der Waals surface area contributed by atoms with E-state index in [-0.39, 0.29) is 12.2 Å². The summed E-state index contributed by atoms with van der Waals surface area (Å²) in [6.45, 7) is 6.54. The first kappa shape index (κ1) is 11.9. The molecule has 1 aliphatic heterocycles. The Bertz CT molecular complexity index is 261. The molecule has 1 saturated carbocycles. The van der Waals surface area contributed by atoms with Gasteiger partial charge in [0.2, 0.25) is 5.91 Å². The molecule has 0 bridgehead atoms. The molecule has 92 valence electrons. The molecule has 0 aromatic carbocycles. The number of nitrogens with one attached hydrogen (secondary N) is 1. The molecule has 16 heavy (non-hydrogen) atoms. The fourth-order valence-corrected chi connectivity index (χ4v) is 2.76. The highest BCUT2D eigenvalue weighted by Crippen LogP contribution is 2.32. The van der Waals surface area contributed by atoms with Crippen molar-refractivity contribution in [1.29, 1.82) is 0 Å². The van der Waals surface area contributed by atoms with Crippen LogP contribution >= 0.6 is 0 Å². The largest absolute Gasteiger partial charge is 0.323 e. The Labute approximate surface area is 98.6 Å². The normalized spacial score (nSPS) is 31.2. The summed E-state index contributed by atoms with van der Waals surface area (Å²) >= 11 is 0. The SMILES string of the molecule is CCCC1NC(C(C)C)N(C2CCC2)C1=O. The highest BCUT2D eigenvalue weighted by atomic mass is 16.2. The number of rotatable bonds is 4. The Morgan fingerprint density at radius 1 is 1.44 bits per heavy atom. The zero-order valence-electron chi connectivity index (χ0n) is 10.7. The first-order chi connectivity index (χ1) is 7.65. The Hall–Kier alpha value is -0.570. The van der Waals surface area contributed by atoms with Crippen LogP contribution in [0.5, 0.6) is 0 Å². The molecule has 2 fully saturated rings. The summed E-state index contributed by atoms with van der Waals surface area (Å²) in [5.41, 5.74) is 0. The summed E-state index contributed by atoms with van der Waals surface area (Å²) in [7, 11) is 0. The van der Waals surface area contributed by atoms with E-state index >= 15 is 0 Å². The second-order valence-electron chi connectivity index (χ2n) is 5.53. The molecule has 1 heterocycles. The molecule has 1 N–H and O–H groups in total. The van der Waals surface area contributed by atoms with Crippen molar-refractivity contribution in [3.63, 3.8) is 0 Å². The quantitative estimate of drug-likeness (QED) is 0.793. The molecule has 0 spiro atoms. The van der Waals surface area contributed by atoms with E-state index in [2.05, 4.69) is 31.0 Å². The van der Waals surface area contributed by atoms with Crippen LogP contribution in [0.3, 0.4) is 0 Å². The number of hydrogen-bond donors (Lipinski definition) is 1. The molecule has 0 aromatic heterocycles. The van der Waals surface area contributed by atoms with E-state index in [0.717, 1.165) is 12.8 Å². The fourth-order valence-electron chi connectivity index (χ4n) is 2.76. The Kier molecular flexibility index (Phi) is 3.53. The Morgan fingerprint density at radius 2 is 2.12 bits per heavy atom. The first-order valence-corrected chi connectivity index (χ1v) is 6.73. The van der Waals surface area contributed by atoms with Crippen molar-refractivity contribution in [3.05, 3.63) is 0 Å². The van der Waals surface area contributed by atoms with Crippen molar-refractivity contribution < 1.29 is 4.79 Å². The van der Waals surface area contributed by atoms with E-state index in [1.54, 1.807) is 0 Å². The molecule has 2 rings (SSSR count). The summed E-state index contributed by atoms with van der Waals surface area (Å²) in [5.74, 6) is 0.858. The topological polar surface area (TPSA) is 32.3 Å². The van der Waals surface area contributed by atoms with Crippen molar-refractivity contribution in [1.82, 2.24) is 10.2 Å². The third-order valence-corrected chi connectivity index (χ3v) is 3.90. The number of hydrogen-bond acceptors (Lipinski definition) is 2. The average Bonchev–Trinajstić information content (AvgIpc) is 2.45. The maximum atomic E-state index is 12.3. The van der Waals surface area contributed by atoms with Gasteiger partial charge in [0.05, 0.1) is 12.2 Å². The molecule has 0 aromatic rings. The van der Waals surface area contributed by atoms with Crippen LogP contribution < -0.4 is 5.32 Å². The summed E-state index contributed by atoms with van der Waals surface area (Å²) in [6.07, 6.45) is 6.02. The minimum atomic E-state index is 0.0815. The number of carbonyl (C=O) groups excluding carboxylic acids is 1. The van der Waals surface area contributed by atoms with Gasteiger partial charge in [0.25, 0.3) is 0 Å². The molecule has 1 amide bonds. The molecule has 0 radical (unpaired) electrons. The van der Waals surface area contributed by atoms with Crippen molar-refractivity contribution >= 4 is 5.91 Å². The maximum absolute atomic E-state index is 12.3. The maximum Gasteiger partial charge on any atom is 0.241 e. The number of nitrogens with zero attached hydrogens (tertiary/aromatic N) is 1. The van der Waals surface area contributed by atoms with E-state index in [1.165, 1.54) is 19.3 Å². The smallest absolute Gasteiger partial charge is 0.241 e. The molecule has 2 atom stereocenters. The van der Waals surface area contributed by atoms with Gasteiger partial charge in [0, 0.05) is 6.04 Å². The highest BCUT2D eigenvalue weighted by molar-refractivity contribution is 5.84. The molecule has 1 saturated heterocycles. The van der Waals surface area contributed by atoms with Gasteiger partial charge in [-0.25, -0.2) is 0 Å². The van der Waals surface area contributed by atoms with Crippen molar-refractivity contribution in [2.24, 2.45) is 5.92 Å². The van der Waals surface area contributed by atoms with Gasteiger partial charge in [-0.05, 0) is 31.6 Å². The van der Waals surface area contributed by atoms with E-state index in [9.17, 15) is 4.79 Å². The van der Waals surface area contributed by atoms with E-state index in [4.69, 9.17) is 0 Å². The second-order valence-corrected chi connectivity index (χ2v) is 5.53. The predicted molar refractivity (Wildman–Crippen MR) is 64.9 cm³/mol. The van der Waals surface area contributed by atoms with E-state index < -0.39 is 0 Å². The number of amides is 1. The van der Waals surface area contributed by atoms with Gasteiger partial charge in [0.1, 0.15) is 0 Å². The molecule has 3 nitrogen and oxygen atoms in total. The van der Waals surface area contributed by atoms with Crippen molar-refractivity contribution in [2.45, 2.75) is 71.1 Å². The van der Waals surface area contributed by atoms with Gasteiger partial charge in [-0.15, -0.1) is 0 Å². The molecule has 2 aliphatic rings. The fraction of sp³-hybridized carbons (Fsp3) is 0.923. The zero-order valence-corrected chi connectivity index (χ0v) is 10.7. The second kappa shape index (κ2) is 4.74. The lowest BCUT2D eigenvalue weighted by atomic mass is 9.90. The predicted octanol–water partition coefficient (Wildman–Crippen LogP) is 2.12. The van der Waals surface area contributed by atoms with Crippen LogP contribution in [0.4, 0.5) is 0 Å². The van der Waals surface area contributed by atoms with Crippen LogP contribution in [-0.4, -0.2) is 29.1 Å². The molecule has 1 aliphatic carbocycles. The lowest BCUT2D eigenvalue weighted by Crippen LogP contribution is -2.50. The lowest BCUT2D eigenvalue weighted by Gasteiger charge is -2.39. The van der Waals surface area contributed by atoms with Gasteiger partial charge in [0.15, 0.2) is 0 Å². The summed E-state index contributed by atoms with van der Waals surface area (Å²) < 4.78 is 0. The third-order valence-electron chi connectivity index (χ3n) is 3.90. The van der Waals surface area contributed by atoms with Crippen LogP contribution in [0, 0.1) is 5.92 Å². The molecular weight excluding hydrogens is 200 g/mol. The van der Waals surface area contributed by atoms with Crippen LogP contribution in [0.1, 0.15) is 52.9 Å². The zero-order chi connectivity index (χ0) is 11.7. The van der Waals surface area contributed by atoms with Gasteiger partial charge in [-0.3, -0.25) is 10.1 Å². The van der Waals surface area contributed by atoms with Crippen LogP contribution in [0.15, 0.2) is 0 Å². The van der Waals surface area contributed by atoms with Crippen LogP contribution in [0.2, 0.25) is 0 Å². The van der Waals surface area contributed by atoms with E-state index in [1.807, 2.05) is 0 Å². The summed E-state index contributed by atoms with van der Waals surface area (Å²) in [5, 5.41) is 3.52. The Balaban J connectivity index is 2.08. The minimum Gasteiger partial charge on any atom is -0.323 e. The van der Waals surface area contributed by atoms with Gasteiger partial charge in [-0.2, -0.15) is 0 Å². The lowest BCUT2D eigenvalue weighted by molar-refractivity contribution is -0.134. The minimum absolute atomic E-state index is 0.0815. The van der Waals surface area contributed by atoms with Gasteiger partial charge in [-0.1, -0.05) is 27.2 Å². The van der Waals surface area contributed by atoms with Crippen molar-refractivity contribution in [2.75, 3.05) is 0 Å². The standard InChI is InChI=1S/C13H24N2O/c1-4-6-11-13(16)15(10-7-5-8-10)12(14-11)9(2)3/h9-12,14H,4-8H2,1-3H3. The van der Waals surface area contributed by atoms with Gasteiger partial charge < -0.3 is 4.90 Å². The number of carbonyl (C=O) groups is 1. The highest BCUT2D eigenvalue weighted by Gasteiger charge is 2.44. The molecule has 2 unspecified atom stereocenters. The average molecular weight is 224 g/mol. The van der Waals surface area contributed by atoms with Crippen LogP contribution in [0.25, 0.3) is 0 Å². The van der Waals surface area contributed by atoms with Crippen molar-refractivity contribution in [3.8, 4) is 0 Å². The molecular formula is C13H24N2O. The summed E-state index contributed by atoms with van der Waals surface area (Å²) in [4.78, 5) is 14.5. The van der Waals surface area contributed by atoms with Crippen LogP contribution in [-0.2, 0) is 4.79 Å². The Morgan fingerprint density at radius 3 is 2.56 bits per heavy atom. The summed E-state index contributed by atoms with van der Waals surface area (Å²) in [6, 6.07) is 0.604.